The second-order valence-corrected chi connectivity index (χ2v) is 5.51. The van der Waals surface area contributed by atoms with Crippen LogP contribution >= 0.6 is 0 Å². The van der Waals surface area contributed by atoms with E-state index in [1.54, 1.807) is 18.3 Å². The van der Waals surface area contributed by atoms with E-state index in [9.17, 15) is 14.7 Å². The third-order valence-electron chi connectivity index (χ3n) is 4.01. The highest BCUT2D eigenvalue weighted by Gasteiger charge is 2.39. The van der Waals surface area contributed by atoms with Crippen LogP contribution in [-0.4, -0.2) is 28.5 Å². The van der Waals surface area contributed by atoms with Gasteiger partial charge in [0.05, 0.1) is 5.41 Å². The van der Waals surface area contributed by atoms with Crippen LogP contribution in [0.1, 0.15) is 48.2 Å². The molecular weight excluding hydrogens is 256 g/mol. The largest absolute Gasteiger partial charge is 0.481 e. The number of nitrogens with one attached hydrogen (secondary N) is 1. The number of aliphatic carboxylic acids is 1. The highest BCUT2D eigenvalue weighted by molar-refractivity contribution is 5.94. The van der Waals surface area contributed by atoms with Gasteiger partial charge in [0.1, 0.15) is 0 Å². The molecule has 108 valence electrons. The monoisotopic (exact) mass is 276 g/mol. The molecular formula is C15H20N2O3. The molecule has 2 rings (SSSR count). The lowest BCUT2D eigenvalue weighted by atomic mass is 9.74. The van der Waals surface area contributed by atoms with Crippen molar-refractivity contribution in [1.29, 1.82) is 0 Å². The Bertz CT molecular complexity index is 508. The minimum atomic E-state index is -0.802. The maximum absolute atomic E-state index is 12.1. The van der Waals surface area contributed by atoms with Crippen LogP contribution in [0.4, 0.5) is 0 Å². The number of carbonyl (C=O) groups is 2. The number of hydrogen-bond donors (Lipinski definition) is 2. The average molecular weight is 276 g/mol. The van der Waals surface area contributed by atoms with Crippen molar-refractivity contribution in [2.24, 2.45) is 5.41 Å². The van der Waals surface area contributed by atoms with Gasteiger partial charge in [0, 0.05) is 24.0 Å². The number of hydrogen-bond acceptors (Lipinski definition) is 3. The number of carbonyl (C=O) groups excluding carboxylic acids is 1. The first-order valence-electron chi connectivity index (χ1n) is 6.98. The molecule has 0 unspecified atom stereocenters. The second kappa shape index (κ2) is 6.03. The lowest BCUT2D eigenvalue weighted by Gasteiger charge is -2.33. The van der Waals surface area contributed by atoms with E-state index in [-0.39, 0.29) is 12.5 Å². The van der Waals surface area contributed by atoms with Crippen LogP contribution in [0.25, 0.3) is 0 Å². The topological polar surface area (TPSA) is 79.3 Å². The zero-order valence-electron chi connectivity index (χ0n) is 11.7. The number of nitrogens with zero attached hydrogens (tertiary/aromatic N) is 1. The molecule has 5 heteroatoms. The molecule has 1 aliphatic carbocycles. The van der Waals surface area contributed by atoms with E-state index in [1.807, 2.05) is 6.92 Å². The minimum Gasteiger partial charge on any atom is -0.481 e. The van der Waals surface area contributed by atoms with E-state index >= 15 is 0 Å². The van der Waals surface area contributed by atoms with Gasteiger partial charge in [-0.05, 0) is 31.9 Å². The van der Waals surface area contributed by atoms with E-state index < -0.39 is 11.4 Å². The first kappa shape index (κ1) is 14.5. The number of pyridine rings is 1. The van der Waals surface area contributed by atoms with E-state index in [4.69, 9.17) is 0 Å². The predicted octanol–water partition coefficient (Wildman–Crippen LogP) is 2.15. The summed E-state index contributed by atoms with van der Waals surface area (Å²) in [6, 6.07) is 3.33. The fraction of sp³-hybridized carbons (Fsp3) is 0.533. The van der Waals surface area contributed by atoms with Crippen molar-refractivity contribution >= 4 is 11.9 Å². The number of amides is 1. The number of rotatable bonds is 4. The fourth-order valence-corrected chi connectivity index (χ4v) is 2.73. The Kier molecular flexibility index (Phi) is 4.37. The fourth-order valence-electron chi connectivity index (χ4n) is 2.73. The van der Waals surface area contributed by atoms with Crippen molar-refractivity contribution in [3.8, 4) is 0 Å². The van der Waals surface area contributed by atoms with Crippen molar-refractivity contribution in [3.63, 3.8) is 0 Å². The lowest BCUT2D eigenvalue weighted by molar-refractivity contribution is -0.150. The van der Waals surface area contributed by atoms with Gasteiger partial charge in [-0.2, -0.15) is 0 Å². The molecule has 1 heterocycles. The summed E-state index contributed by atoms with van der Waals surface area (Å²) in [7, 11) is 0. The first-order chi connectivity index (χ1) is 9.53. The Balaban J connectivity index is 2.02. The molecule has 1 aliphatic rings. The summed E-state index contributed by atoms with van der Waals surface area (Å²) in [5, 5.41) is 12.2. The SMILES string of the molecule is Cc1cc(C(=O)NCC2(C(=O)O)CCCCC2)ccn1. The molecule has 5 nitrogen and oxygen atoms in total. The molecule has 1 aromatic rings. The molecule has 1 aromatic heterocycles. The van der Waals surface area contributed by atoms with Crippen molar-refractivity contribution in [2.75, 3.05) is 6.54 Å². The number of aromatic nitrogens is 1. The van der Waals surface area contributed by atoms with Crippen LogP contribution in [0, 0.1) is 12.3 Å². The maximum Gasteiger partial charge on any atom is 0.311 e. The van der Waals surface area contributed by atoms with Crippen LogP contribution in [0.5, 0.6) is 0 Å². The van der Waals surface area contributed by atoms with E-state index in [2.05, 4.69) is 10.3 Å². The molecule has 0 atom stereocenters. The second-order valence-electron chi connectivity index (χ2n) is 5.51. The molecule has 2 N–H and O–H groups in total. The normalized spacial score (nSPS) is 17.4. The third-order valence-corrected chi connectivity index (χ3v) is 4.01. The van der Waals surface area contributed by atoms with Gasteiger partial charge in [0.25, 0.3) is 5.91 Å². The Hall–Kier alpha value is -1.91. The van der Waals surface area contributed by atoms with Crippen molar-refractivity contribution < 1.29 is 14.7 Å². The molecule has 0 aromatic carbocycles. The van der Waals surface area contributed by atoms with Gasteiger partial charge in [-0.1, -0.05) is 19.3 Å². The molecule has 0 spiro atoms. The highest BCUT2D eigenvalue weighted by Crippen LogP contribution is 2.36. The molecule has 0 aliphatic heterocycles. The first-order valence-corrected chi connectivity index (χ1v) is 6.98. The molecule has 20 heavy (non-hydrogen) atoms. The van der Waals surface area contributed by atoms with Crippen LogP contribution < -0.4 is 5.32 Å². The Labute approximate surface area is 118 Å². The number of carboxylic acid groups (broad SMARTS) is 1. The molecule has 0 saturated heterocycles. The highest BCUT2D eigenvalue weighted by atomic mass is 16.4. The van der Waals surface area contributed by atoms with Gasteiger partial charge < -0.3 is 10.4 Å². The molecule has 1 saturated carbocycles. The predicted molar refractivity (Wildman–Crippen MR) is 74.5 cm³/mol. The van der Waals surface area contributed by atoms with Gasteiger partial charge in [0.2, 0.25) is 0 Å². The van der Waals surface area contributed by atoms with E-state index in [0.29, 0.717) is 18.4 Å². The summed E-state index contributed by atoms with van der Waals surface area (Å²) in [5.41, 5.74) is 0.493. The summed E-state index contributed by atoms with van der Waals surface area (Å²) < 4.78 is 0. The summed E-state index contributed by atoms with van der Waals surface area (Å²) in [6.45, 7) is 2.01. The Morgan fingerprint density at radius 2 is 2.05 bits per heavy atom. The summed E-state index contributed by atoms with van der Waals surface area (Å²) in [6.07, 6.45) is 5.76. The Morgan fingerprint density at radius 3 is 2.65 bits per heavy atom. The van der Waals surface area contributed by atoms with Crippen molar-refractivity contribution in [2.45, 2.75) is 39.0 Å². The zero-order chi connectivity index (χ0) is 14.6. The van der Waals surface area contributed by atoms with Crippen LogP contribution in [-0.2, 0) is 4.79 Å². The average Bonchev–Trinajstić information content (AvgIpc) is 2.45. The van der Waals surface area contributed by atoms with Gasteiger partial charge in [-0.15, -0.1) is 0 Å². The lowest BCUT2D eigenvalue weighted by Crippen LogP contribution is -2.44. The molecule has 1 fully saturated rings. The van der Waals surface area contributed by atoms with Crippen LogP contribution in [0.15, 0.2) is 18.3 Å². The van der Waals surface area contributed by atoms with E-state index in [0.717, 1.165) is 25.0 Å². The van der Waals surface area contributed by atoms with Gasteiger partial charge in [-0.25, -0.2) is 0 Å². The quantitative estimate of drug-likeness (QED) is 0.883. The van der Waals surface area contributed by atoms with Crippen molar-refractivity contribution in [3.05, 3.63) is 29.6 Å². The van der Waals surface area contributed by atoms with Crippen LogP contribution in [0.3, 0.4) is 0 Å². The standard InChI is InChI=1S/C15H20N2O3/c1-11-9-12(5-8-16-11)13(18)17-10-15(14(19)20)6-3-2-4-7-15/h5,8-9H,2-4,6-7,10H2,1H3,(H,17,18)(H,19,20). The van der Waals surface area contributed by atoms with Crippen LogP contribution in [0.2, 0.25) is 0 Å². The van der Waals surface area contributed by atoms with Gasteiger partial charge in [0.15, 0.2) is 0 Å². The minimum absolute atomic E-state index is 0.197. The van der Waals surface area contributed by atoms with Gasteiger partial charge in [-0.3, -0.25) is 14.6 Å². The Morgan fingerprint density at radius 1 is 1.35 bits per heavy atom. The molecule has 0 bridgehead atoms. The molecule has 1 amide bonds. The summed E-state index contributed by atoms with van der Waals surface area (Å²) in [4.78, 5) is 27.6. The van der Waals surface area contributed by atoms with Gasteiger partial charge >= 0.3 is 5.97 Å². The maximum atomic E-state index is 12.1. The van der Waals surface area contributed by atoms with Crippen molar-refractivity contribution in [1.82, 2.24) is 10.3 Å². The van der Waals surface area contributed by atoms with E-state index in [1.165, 1.54) is 0 Å². The summed E-state index contributed by atoms with van der Waals surface area (Å²) in [5.74, 6) is -1.04. The third kappa shape index (κ3) is 3.15. The summed E-state index contributed by atoms with van der Waals surface area (Å²) >= 11 is 0. The zero-order valence-corrected chi connectivity index (χ0v) is 11.7. The number of carboxylic acids is 1. The number of aryl methyl sites for hydroxylation is 1. The molecule has 0 radical (unpaired) electrons. The smallest absolute Gasteiger partial charge is 0.311 e.